The Morgan fingerprint density at radius 1 is 1.38 bits per heavy atom. The number of rotatable bonds is 4. The molecule has 0 bridgehead atoms. The lowest BCUT2D eigenvalue weighted by molar-refractivity contribution is -0.139. The number of nitrogens with zero attached hydrogens (tertiary/aromatic N) is 4. The van der Waals surface area contributed by atoms with Gasteiger partial charge in [0, 0.05) is 0 Å². The first kappa shape index (κ1) is 15.6. The lowest BCUT2D eigenvalue weighted by Crippen LogP contribution is -2.22. The first-order valence-electron chi connectivity index (χ1n) is 6.56. The van der Waals surface area contributed by atoms with E-state index in [1.807, 2.05) is 20.8 Å². The van der Waals surface area contributed by atoms with Gasteiger partial charge in [-0.25, -0.2) is 14.6 Å². The van der Waals surface area contributed by atoms with Crippen LogP contribution in [0.1, 0.15) is 27.7 Å². The molecular weight excluding hydrogens is 292 g/mol. The molecule has 114 valence electrons. The van der Waals surface area contributed by atoms with Gasteiger partial charge in [0.15, 0.2) is 5.52 Å². The van der Waals surface area contributed by atoms with Crippen molar-refractivity contribution in [2.24, 2.45) is 0 Å². The fourth-order valence-corrected chi connectivity index (χ4v) is 2.50. The van der Waals surface area contributed by atoms with Crippen LogP contribution >= 0.6 is 11.8 Å². The number of thioether (sulfide) groups is 1. The molecule has 0 saturated heterocycles. The van der Waals surface area contributed by atoms with Crippen LogP contribution in [0.25, 0.3) is 11.0 Å². The van der Waals surface area contributed by atoms with Gasteiger partial charge in [-0.3, -0.25) is 4.79 Å². The van der Waals surface area contributed by atoms with Crippen molar-refractivity contribution in [1.82, 2.24) is 19.7 Å². The fourth-order valence-electron chi connectivity index (χ4n) is 1.77. The van der Waals surface area contributed by atoms with Crippen molar-refractivity contribution in [2.75, 3.05) is 12.4 Å². The van der Waals surface area contributed by atoms with Crippen LogP contribution in [0.5, 0.6) is 5.88 Å². The summed E-state index contributed by atoms with van der Waals surface area (Å²) < 4.78 is 6.38. The van der Waals surface area contributed by atoms with Gasteiger partial charge < -0.3 is 9.84 Å². The summed E-state index contributed by atoms with van der Waals surface area (Å²) in [7, 11) is 0. The quantitative estimate of drug-likeness (QED) is 0.524. The Morgan fingerprint density at radius 3 is 2.71 bits per heavy atom. The highest BCUT2D eigenvalue weighted by atomic mass is 32.2. The maximum absolute atomic E-state index is 11.4. The van der Waals surface area contributed by atoms with Crippen molar-refractivity contribution in [3.63, 3.8) is 0 Å². The summed E-state index contributed by atoms with van der Waals surface area (Å²) in [5.74, 6) is -0.171. The van der Waals surface area contributed by atoms with Gasteiger partial charge in [-0.05, 0) is 27.7 Å². The van der Waals surface area contributed by atoms with E-state index in [4.69, 9.17) is 4.74 Å². The number of fused-ring (bicyclic) bond motifs is 1. The van der Waals surface area contributed by atoms with Crippen LogP contribution in [0.15, 0.2) is 11.4 Å². The predicted molar refractivity (Wildman–Crippen MR) is 79.3 cm³/mol. The number of carbonyl (C=O) groups excluding carboxylic acids is 1. The van der Waals surface area contributed by atoms with Crippen molar-refractivity contribution in [2.45, 2.75) is 38.3 Å². The molecule has 0 radical (unpaired) electrons. The Kier molecular flexibility index (Phi) is 4.36. The topological polar surface area (TPSA) is 90.1 Å². The molecule has 0 amide bonds. The van der Waals surface area contributed by atoms with E-state index in [0.29, 0.717) is 22.7 Å². The summed E-state index contributed by atoms with van der Waals surface area (Å²) in [5, 5.41) is 15.1. The van der Waals surface area contributed by atoms with Gasteiger partial charge in [0.1, 0.15) is 16.9 Å². The molecule has 0 unspecified atom stereocenters. The minimum absolute atomic E-state index is 0.00196. The molecule has 2 rings (SSSR count). The number of hydrogen-bond acceptors (Lipinski definition) is 7. The third kappa shape index (κ3) is 3.26. The zero-order chi connectivity index (χ0) is 15.6. The van der Waals surface area contributed by atoms with E-state index in [1.54, 1.807) is 6.92 Å². The zero-order valence-corrected chi connectivity index (χ0v) is 13.3. The van der Waals surface area contributed by atoms with E-state index in [2.05, 4.69) is 15.1 Å². The summed E-state index contributed by atoms with van der Waals surface area (Å²) in [6.07, 6.45) is 1.35. The third-order valence-electron chi connectivity index (χ3n) is 2.67. The highest BCUT2D eigenvalue weighted by Crippen LogP contribution is 2.32. The van der Waals surface area contributed by atoms with E-state index >= 15 is 0 Å². The maximum Gasteiger partial charge on any atom is 0.316 e. The number of hydrogen-bond donors (Lipinski definition) is 1. The van der Waals surface area contributed by atoms with Gasteiger partial charge in [-0.2, -0.15) is 5.10 Å². The van der Waals surface area contributed by atoms with E-state index in [1.165, 1.54) is 22.8 Å². The van der Waals surface area contributed by atoms with Gasteiger partial charge in [-0.1, -0.05) is 11.8 Å². The smallest absolute Gasteiger partial charge is 0.316 e. The van der Waals surface area contributed by atoms with E-state index in [0.717, 1.165) is 0 Å². The van der Waals surface area contributed by atoms with E-state index in [9.17, 15) is 9.90 Å². The molecule has 2 aromatic rings. The van der Waals surface area contributed by atoms with Crippen LogP contribution in [0.4, 0.5) is 0 Å². The molecule has 0 aliphatic carbocycles. The average Bonchev–Trinajstić information content (AvgIpc) is 2.75. The SMILES string of the molecule is CCOC(=O)CSc1ncnc2c(O)n(C(C)(C)C)nc12. The lowest BCUT2D eigenvalue weighted by atomic mass is 10.1. The summed E-state index contributed by atoms with van der Waals surface area (Å²) in [6, 6.07) is 0. The van der Waals surface area contributed by atoms with Gasteiger partial charge in [0.25, 0.3) is 0 Å². The molecular formula is C13H18N4O3S. The Labute approximate surface area is 126 Å². The lowest BCUT2D eigenvalue weighted by Gasteiger charge is -2.19. The molecule has 0 fully saturated rings. The summed E-state index contributed by atoms with van der Waals surface area (Å²) in [6.45, 7) is 7.89. The van der Waals surface area contributed by atoms with Gasteiger partial charge in [0.2, 0.25) is 5.88 Å². The Bertz CT molecular complexity index is 663. The number of aromatic nitrogens is 4. The Hall–Kier alpha value is -1.83. The first-order chi connectivity index (χ1) is 9.84. The molecule has 0 aliphatic heterocycles. The molecule has 21 heavy (non-hydrogen) atoms. The molecule has 0 aliphatic rings. The van der Waals surface area contributed by atoms with Gasteiger partial charge in [0.05, 0.1) is 17.9 Å². The number of carbonyl (C=O) groups is 1. The average molecular weight is 310 g/mol. The zero-order valence-electron chi connectivity index (χ0n) is 12.5. The van der Waals surface area contributed by atoms with Crippen LogP contribution in [0.2, 0.25) is 0 Å². The summed E-state index contributed by atoms with van der Waals surface area (Å²) >= 11 is 1.22. The maximum atomic E-state index is 11.4. The number of ether oxygens (including phenoxy) is 1. The summed E-state index contributed by atoms with van der Waals surface area (Å²) in [5.41, 5.74) is 0.485. The highest BCUT2D eigenvalue weighted by molar-refractivity contribution is 8.00. The van der Waals surface area contributed by atoms with Crippen molar-refractivity contribution in [3.8, 4) is 5.88 Å². The summed E-state index contributed by atoms with van der Waals surface area (Å²) in [4.78, 5) is 19.6. The van der Waals surface area contributed by atoms with Crippen LogP contribution in [-0.2, 0) is 15.1 Å². The van der Waals surface area contributed by atoms with Crippen molar-refractivity contribution in [3.05, 3.63) is 6.33 Å². The number of esters is 1. The monoisotopic (exact) mass is 310 g/mol. The molecule has 2 heterocycles. The molecule has 2 aromatic heterocycles. The Morgan fingerprint density at radius 2 is 2.10 bits per heavy atom. The number of aromatic hydroxyl groups is 1. The fraction of sp³-hybridized carbons (Fsp3) is 0.538. The van der Waals surface area contributed by atoms with Crippen LogP contribution in [-0.4, -0.2) is 43.2 Å². The molecule has 8 heteroatoms. The minimum Gasteiger partial charge on any atom is -0.492 e. The highest BCUT2D eigenvalue weighted by Gasteiger charge is 2.23. The standard InChI is InChI=1S/C13H18N4O3S/c1-5-20-8(18)6-21-11-9-10(14-7-15-11)12(19)17(16-9)13(2,3)4/h7,19H,5-6H2,1-4H3. The van der Waals surface area contributed by atoms with Gasteiger partial charge in [-0.15, -0.1) is 0 Å². The van der Waals surface area contributed by atoms with Crippen LogP contribution in [0.3, 0.4) is 0 Å². The molecule has 7 nitrogen and oxygen atoms in total. The van der Waals surface area contributed by atoms with E-state index < -0.39 is 0 Å². The molecule has 0 saturated carbocycles. The third-order valence-corrected chi connectivity index (χ3v) is 3.62. The van der Waals surface area contributed by atoms with Crippen LogP contribution in [0, 0.1) is 0 Å². The second-order valence-corrected chi connectivity index (χ2v) is 6.34. The largest absolute Gasteiger partial charge is 0.492 e. The normalized spacial score (nSPS) is 11.8. The van der Waals surface area contributed by atoms with Crippen molar-refractivity contribution < 1.29 is 14.6 Å². The molecule has 0 spiro atoms. The minimum atomic E-state index is -0.381. The molecule has 0 aromatic carbocycles. The first-order valence-corrected chi connectivity index (χ1v) is 7.54. The second kappa shape index (κ2) is 5.88. The van der Waals surface area contributed by atoms with Gasteiger partial charge >= 0.3 is 5.97 Å². The molecule has 1 N–H and O–H groups in total. The predicted octanol–water partition coefficient (Wildman–Crippen LogP) is 1.94. The van der Waals surface area contributed by atoms with E-state index in [-0.39, 0.29) is 23.1 Å². The van der Waals surface area contributed by atoms with Crippen molar-refractivity contribution in [1.29, 1.82) is 0 Å². The second-order valence-electron chi connectivity index (χ2n) is 5.38. The van der Waals surface area contributed by atoms with Crippen LogP contribution < -0.4 is 0 Å². The Balaban J connectivity index is 2.35. The van der Waals surface area contributed by atoms with Crippen molar-refractivity contribution >= 4 is 28.8 Å². The molecule has 0 atom stereocenters.